The van der Waals surface area contributed by atoms with Crippen LogP contribution < -0.4 is 4.74 Å². The van der Waals surface area contributed by atoms with Crippen LogP contribution in [0.15, 0.2) is 65.4 Å². The Morgan fingerprint density at radius 2 is 1.82 bits per heavy atom. The minimum atomic E-state index is -1.03. The van der Waals surface area contributed by atoms with Gasteiger partial charge in [0.1, 0.15) is 24.0 Å². The highest BCUT2D eigenvalue weighted by atomic mass is 32.1. The Hall–Kier alpha value is -3.25. The van der Waals surface area contributed by atoms with Crippen LogP contribution in [0.1, 0.15) is 15.9 Å². The Kier molecular flexibility index (Phi) is 4.79. The van der Waals surface area contributed by atoms with E-state index in [0.717, 1.165) is 16.5 Å². The van der Waals surface area contributed by atoms with E-state index in [9.17, 15) is 18.7 Å². The molecule has 28 heavy (non-hydrogen) atoms. The maximum absolute atomic E-state index is 13.8. The summed E-state index contributed by atoms with van der Waals surface area (Å²) in [7, 11) is 0. The topological polar surface area (TPSA) is 46.5 Å². The summed E-state index contributed by atoms with van der Waals surface area (Å²) in [4.78, 5) is 11.5. The van der Waals surface area contributed by atoms with E-state index in [-0.39, 0.29) is 17.7 Å². The number of rotatable bonds is 5. The second-order valence-corrected chi connectivity index (χ2v) is 6.99. The zero-order valence-corrected chi connectivity index (χ0v) is 15.3. The van der Waals surface area contributed by atoms with Gasteiger partial charge in [0.05, 0.1) is 11.1 Å². The average Bonchev–Trinajstić information content (AvgIpc) is 3.21. The number of hydrogen-bond acceptors (Lipinski definition) is 3. The molecule has 0 aliphatic rings. The van der Waals surface area contributed by atoms with Crippen LogP contribution in [-0.4, -0.2) is 11.1 Å². The number of carbonyl (C=O) groups is 1. The van der Waals surface area contributed by atoms with Gasteiger partial charge in [-0.25, -0.2) is 13.6 Å². The summed E-state index contributed by atoms with van der Waals surface area (Å²) in [6, 6.07) is 14.0. The lowest BCUT2D eigenvalue weighted by Crippen LogP contribution is -2.02. The number of thiophene rings is 1. The van der Waals surface area contributed by atoms with Crippen LogP contribution in [0, 0.1) is 11.6 Å². The molecule has 4 rings (SSSR count). The van der Waals surface area contributed by atoms with Crippen LogP contribution >= 0.6 is 11.3 Å². The number of carboxylic acids is 1. The molecule has 0 bridgehead atoms. The first-order valence-electron chi connectivity index (χ1n) is 8.42. The molecular weight excluding hydrogens is 382 g/mol. The van der Waals surface area contributed by atoms with Crippen LogP contribution in [0.5, 0.6) is 5.75 Å². The molecule has 0 saturated heterocycles. The highest BCUT2D eigenvalue weighted by Gasteiger charge is 2.13. The van der Waals surface area contributed by atoms with Gasteiger partial charge >= 0.3 is 5.97 Å². The molecule has 0 amide bonds. The molecule has 140 valence electrons. The van der Waals surface area contributed by atoms with Crippen molar-refractivity contribution in [1.29, 1.82) is 0 Å². The number of ether oxygens (including phenoxy) is 1. The molecule has 1 aromatic heterocycles. The molecule has 0 saturated carbocycles. The minimum Gasteiger partial charge on any atom is -0.489 e. The minimum absolute atomic E-state index is 0.152. The van der Waals surface area contributed by atoms with Crippen LogP contribution in [0.3, 0.4) is 0 Å². The van der Waals surface area contributed by atoms with Crippen molar-refractivity contribution in [2.24, 2.45) is 0 Å². The Bertz CT molecular complexity index is 1150. The number of aromatic carboxylic acids is 1. The van der Waals surface area contributed by atoms with E-state index in [1.165, 1.54) is 29.5 Å². The lowest BCUT2D eigenvalue weighted by Gasteiger charge is -2.11. The molecule has 1 heterocycles. The molecule has 0 fully saturated rings. The summed E-state index contributed by atoms with van der Waals surface area (Å²) < 4.78 is 33.1. The smallest absolute Gasteiger partial charge is 0.335 e. The van der Waals surface area contributed by atoms with Crippen LogP contribution in [-0.2, 0) is 6.61 Å². The number of hydrogen-bond donors (Lipinski definition) is 1. The van der Waals surface area contributed by atoms with E-state index in [1.807, 2.05) is 22.9 Å². The van der Waals surface area contributed by atoms with Crippen molar-refractivity contribution in [2.45, 2.75) is 6.61 Å². The molecule has 0 atom stereocenters. The molecule has 1 N–H and O–H groups in total. The summed E-state index contributed by atoms with van der Waals surface area (Å²) >= 11 is 1.53. The fourth-order valence-electron chi connectivity index (χ4n) is 3.04. The van der Waals surface area contributed by atoms with E-state index >= 15 is 0 Å². The standard InChI is InChI=1S/C22H14F2O3S/c23-20-2-1-3-21(24)19(20)11-27-16-4-5-17-14(9-16)8-15(22(25)26)10-18(17)13-6-7-28-12-13/h1-10,12H,11H2,(H,25,26). The van der Waals surface area contributed by atoms with E-state index < -0.39 is 17.6 Å². The van der Waals surface area contributed by atoms with Crippen molar-refractivity contribution < 1.29 is 23.4 Å². The zero-order valence-electron chi connectivity index (χ0n) is 14.5. The molecule has 0 unspecified atom stereocenters. The highest BCUT2D eigenvalue weighted by Crippen LogP contribution is 2.34. The molecule has 0 aliphatic heterocycles. The van der Waals surface area contributed by atoms with Gasteiger partial charge in [-0.05, 0) is 75.1 Å². The second kappa shape index (κ2) is 7.40. The van der Waals surface area contributed by atoms with Gasteiger partial charge in [0, 0.05) is 0 Å². The summed E-state index contributed by atoms with van der Waals surface area (Å²) in [5.41, 5.74) is 1.75. The van der Waals surface area contributed by atoms with E-state index in [1.54, 1.807) is 24.3 Å². The molecule has 4 aromatic rings. The van der Waals surface area contributed by atoms with Gasteiger partial charge in [0.2, 0.25) is 0 Å². The van der Waals surface area contributed by atoms with Crippen LogP contribution in [0.25, 0.3) is 21.9 Å². The van der Waals surface area contributed by atoms with Crippen molar-refractivity contribution in [3.05, 3.63) is 88.1 Å². The summed E-state index contributed by atoms with van der Waals surface area (Å²) in [6.07, 6.45) is 0. The third-order valence-corrected chi connectivity index (χ3v) is 5.13. The van der Waals surface area contributed by atoms with Gasteiger partial charge in [0.25, 0.3) is 0 Å². The quantitative estimate of drug-likeness (QED) is 0.442. The SMILES string of the molecule is O=C(O)c1cc(-c2ccsc2)c2ccc(OCc3c(F)cccc3F)cc2c1. The molecule has 3 aromatic carbocycles. The van der Waals surface area contributed by atoms with E-state index in [0.29, 0.717) is 11.1 Å². The summed E-state index contributed by atoms with van der Waals surface area (Å²) in [5, 5.41) is 14.9. The lowest BCUT2D eigenvalue weighted by atomic mass is 9.97. The molecule has 3 nitrogen and oxygen atoms in total. The first kappa shape index (κ1) is 18.1. The third-order valence-electron chi connectivity index (χ3n) is 4.45. The van der Waals surface area contributed by atoms with Crippen LogP contribution in [0.4, 0.5) is 8.78 Å². The van der Waals surface area contributed by atoms with Gasteiger partial charge in [-0.15, -0.1) is 0 Å². The predicted molar refractivity (Wildman–Crippen MR) is 105 cm³/mol. The van der Waals surface area contributed by atoms with Crippen molar-refractivity contribution in [2.75, 3.05) is 0 Å². The Morgan fingerprint density at radius 3 is 2.50 bits per heavy atom. The van der Waals surface area contributed by atoms with Gasteiger partial charge in [-0.2, -0.15) is 11.3 Å². The number of halogens is 2. The van der Waals surface area contributed by atoms with Crippen LogP contribution in [0.2, 0.25) is 0 Å². The molecule has 0 spiro atoms. The Labute approximate surface area is 163 Å². The van der Waals surface area contributed by atoms with Gasteiger partial charge < -0.3 is 9.84 Å². The largest absolute Gasteiger partial charge is 0.489 e. The molecule has 6 heteroatoms. The summed E-state index contributed by atoms with van der Waals surface area (Å²) in [5.74, 6) is -1.98. The van der Waals surface area contributed by atoms with Crippen molar-refractivity contribution in [1.82, 2.24) is 0 Å². The van der Waals surface area contributed by atoms with E-state index in [2.05, 4.69) is 0 Å². The maximum Gasteiger partial charge on any atom is 0.335 e. The zero-order chi connectivity index (χ0) is 19.7. The van der Waals surface area contributed by atoms with Gasteiger partial charge in [-0.3, -0.25) is 0 Å². The number of fused-ring (bicyclic) bond motifs is 1. The normalized spacial score (nSPS) is 10.9. The maximum atomic E-state index is 13.8. The fraction of sp³-hybridized carbons (Fsp3) is 0.0455. The van der Waals surface area contributed by atoms with E-state index in [4.69, 9.17) is 4.74 Å². The van der Waals surface area contributed by atoms with Gasteiger partial charge in [0.15, 0.2) is 0 Å². The monoisotopic (exact) mass is 396 g/mol. The average molecular weight is 396 g/mol. The highest BCUT2D eigenvalue weighted by molar-refractivity contribution is 7.08. The third kappa shape index (κ3) is 3.46. The molecule has 0 aliphatic carbocycles. The second-order valence-electron chi connectivity index (χ2n) is 6.21. The van der Waals surface area contributed by atoms with Crippen molar-refractivity contribution >= 4 is 28.1 Å². The Balaban J connectivity index is 1.73. The number of carboxylic acid groups (broad SMARTS) is 1. The van der Waals surface area contributed by atoms with Crippen molar-refractivity contribution in [3.8, 4) is 16.9 Å². The first-order chi connectivity index (χ1) is 13.5. The number of benzene rings is 3. The Morgan fingerprint density at radius 1 is 1.04 bits per heavy atom. The predicted octanol–water partition coefficient (Wildman–Crippen LogP) is 6.12. The lowest BCUT2D eigenvalue weighted by molar-refractivity contribution is 0.0697. The first-order valence-corrected chi connectivity index (χ1v) is 9.36. The summed E-state index contributed by atoms with van der Waals surface area (Å²) in [6.45, 7) is -0.264. The fourth-order valence-corrected chi connectivity index (χ4v) is 3.70. The van der Waals surface area contributed by atoms with Gasteiger partial charge in [-0.1, -0.05) is 12.1 Å². The molecular formula is C22H14F2O3S. The molecule has 0 radical (unpaired) electrons. The van der Waals surface area contributed by atoms with Crippen molar-refractivity contribution in [3.63, 3.8) is 0 Å².